The minimum atomic E-state index is -3.62. The quantitative estimate of drug-likeness (QED) is 0.728. The minimum absolute atomic E-state index is 0.204. The number of furan rings is 1. The predicted octanol–water partition coefficient (Wildman–Crippen LogP) is 4.27. The number of hydrogen-bond donors (Lipinski definition) is 1. The van der Waals surface area contributed by atoms with E-state index in [1.165, 1.54) is 6.07 Å². The molecule has 1 N–H and O–H groups in total. The summed E-state index contributed by atoms with van der Waals surface area (Å²) in [5, 5.41) is 4.90. The maximum absolute atomic E-state index is 13.0. The maximum atomic E-state index is 13.0. The summed E-state index contributed by atoms with van der Waals surface area (Å²) >= 11 is 5.97. The molecule has 4 nitrogen and oxygen atoms in total. The molecule has 0 radical (unpaired) electrons. The summed E-state index contributed by atoms with van der Waals surface area (Å²) in [4.78, 5) is 0.474. The summed E-state index contributed by atoms with van der Waals surface area (Å²) in [5.41, 5.74) is 1.89. The molecule has 2 aliphatic rings. The number of hydrogen-bond acceptors (Lipinski definition) is 4. The van der Waals surface area contributed by atoms with Crippen molar-refractivity contribution in [1.82, 2.24) is 5.32 Å². The molecule has 0 amide bonds. The Morgan fingerprint density at radius 3 is 2.76 bits per heavy atom. The molecule has 2 atom stereocenters. The molecule has 5 rings (SSSR count). The van der Waals surface area contributed by atoms with Crippen LogP contribution in [-0.2, 0) is 16.3 Å². The molecule has 6 heteroatoms. The first-order chi connectivity index (χ1) is 12.0. The lowest BCUT2D eigenvalue weighted by atomic mass is 9.99. The summed E-state index contributed by atoms with van der Waals surface area (Å²) in [5.74, 6) is 0.999. The molecule has 0 aliphatic carbocycles. The van der Waals surface area contributed by atoms with E-state index in [2.05, 4.69) is 5.32 Å². The van der Waals surface area contributed by atoms with Crippen LogP contribution in [0.3, 0.4) is 0 Å². The van der Waals surface area contributed by atoms with Crippen LogP contribution in [0.5, 0.6) is 0 Å². The van der Waals surface area contributed by atoms with Gasteiger partial charge < -0.3 is 9.73 Å². The zero-order valence-electron chi connectivity index (χ0n) is 13.3. The fraction of sp³-hybridized carbons (Fsp3) is 0.263. The number of sulfone groups is 1. The Morgan fingerprint density at radius 2 is 1.92 bits per heavy atom. The lowest BCUT2D eigenvalue weighted by molar-refractivity contribution is 0.441. The van der Waals surface area contributed by atoms with Crippen LogP contribution in [0.25, 0.3) is 11.0 Å². The highest BCUT2D eigenvalue weighted by molar-refractivity contribution is 7.91. The first-order valence-corrected chi connectivity index (χ1v) is 10.2. The fourth-order valence-electron chi connectivity index (χ4n) is 4.05. The largest absolute Gasteiger partial charge is 0.461 e. The Hall–Kier alpha value is -1.82. The Bertz CT molecular complexity index is 1100. The third kappa shape index (κ3) is 2.34. The van der Waals surface area contributed by atoms with Crippen molar-refractivity contribution in [3.05, 3.63) is 58.8 Å². The molecule has 2 bridgehead atoms. The second kappa shape index (κ2) is 5.34. The maximum Gasteiger partial charge on any atom is 0.206 e. The van der Waals surface area contributed by atoms with Crippen LogP contribution < -0.4 is 5.32 Å². The average Bonchev–Trinajstić information content (AvgIpc) is 3.15. The van der Waals surface area contributed by atoms with E-state index in [9.17, 15) is 8.42 Å². The van der Waals surface area contributed by atoms with Gasteiger partial charge in [-0.2, -0.15) is 0 Å². The van der Waals surface area contributed by atoms with E-state index in [1.54, 1.807) is 36.4 Å². The van der Waals surface area contributed by atoms with Crippen molar-refractivity contribution in [2.75, 3.05) is 0 Å². The van der Waals surface area contributed by atoms with Gasteiger partial charge in [-0.25, -0.2) is 8.42 Å². The Morgan fingerprint density at radius 1 is 1.08 bits per heavy atom. The second-order valence-electron chi connectivity index (χ2n) is 6.76. The normalized spacial score (nSPS) is 22.3. The van der Waals surface area contributed by atoms with Crippen LogP contribution in [0.2, 0.25) is 5.02 Å². The summed E-state index contributed by atoms with van der Waals surface area (Å²) in [6, 6.07) is 12.2. The van der Waals surface area contributed by atoms with Gasteiger partial charge in [-0.15, -0.1) is 0 Å². The molecule has 3 heterocycles. The van der Waals surface area contributed by atoms with Gasteiger partial charge in [-0.05, 0) is 49.2 Å². The van der Waals surface area contributed by atoms with E-state index < -0.39 is 9.84 Å². The van der Waals surface area contributed by atoms with E-state index >= 15 is 0 Å². The fourth-order valence-corrected chi connectivity index (χ4v) is 5.64. The SMILES string of the molecule is O=S(=O)(c1cccc(Cl)c1)c1ccc2oc3c(c2c1)C1CCC(C3)N1. The van der Waals surface area contributed by atoms with Crippen LogP contribution in [0, 0.1) is 0 Å². The molecule has 1 saturated heterocycles. The molecule has 0 saturated carbocycles. The summed E-state index contributed by atoms with van der Waals surface area (Å²) in [7, 11) is -3.62. The van der Waals surface area contributed by atoms with Gasteiger partial charge in [0.25, 0.3) is 0 Å². The van der Waals surface area contributed by atoms with Gasteiger partial charge in [-0.3, -0.25) is 0 Å². The zero-order chi connectivity index (χ0) is 17.2. The predicted molar refractivity (Wildman–Crippen MR) is 95.7 cm³/mol. The van der Waals surface area contributed by atoms with Crippen molar-refractivity contribution in [3.8, 4) is 0 Å². The lowest BCUT2D eigenvalue weighted by Crippen LogP contribution is -2.30. The van der Waals surface area contributed by atoms with Crippen LogP contribution in [-0.4, -0.2) is 14.5 Å². The molecule has 2 aromatic carbocycles. The van der Waals surface area contributed by atoms with Gasteiger partial charge in [-0.1, -0.05) is 17.7 Å². The highest BCUT2D eigenvalue weighted by Gasteiger charge is 2.36. The van der Waals surface area contributed by atoms with Crippen molar-refractivity contribution in [3.63, 3.8) is 0 Å². The van der Waals surface area contributed by atoms with Gasteiger partial charge in [0.15, 0.2) is 0 Å². The average molecular weight is 374 g/mol. The Labute approximate surface area is 150 Å². The minimum Gasteiger partial charge on any atom is -0.461 e. The van der Waals surface area contributed by atoms with E-state index in [0.29, 0.717) is 11.1 Å². The van der Waals surface area contributed by atoms with Gasteiger partial charge in [0.2, 0.25) is 9.84 Å². The number of benzene rings is 2. The van der Waals surface area contributed by atoms with Crippen LogP contribution in [0.4, 0.5) is 0 Å². The van der Waals surface area contributed by atoms with E-state index in [4.69, 9.17) is 16.0 Å². The second-order valence-corrected chi connectivity index (χ2v) is 9.14. The third-order valence-corrected chi connectivity index (χ3v) is 7.20. The van der Waals surface area contributed by atoms with Crippen molar-refractivity contribution in [2.24, 2.45) is 0 Å². The molecule has 128 valence electrons. The van der Waals surface area contributed by atoms with Crippen molar-refractivity contribution in [1.29, 1.82) is 0 Å². The number of fused-ring (bicyclic) bond motifs is 6. The molecule has 25 heavy (non-hydrogen) atoms. The first kappa shape index (κ1) is 15.4. The van der Waals surface area contributed by atoms with E-state index in [-0.39, 0.29) is 15.8 Å². The zero-order valence-corrected chi connectivity index (χ0v) is 14.9. The first-order valence-electron chi connectivity index (χ1n) is 8.34. The summed E-state index contributed by atoms with van der Waals surface area (Å²) < 4.78 is 32.0. The Balaban J connectivity index is 1.68. The smallest absolute Gasteiger partial charge is 0.206 e. The van der Waals surface area contributed by atoms with Crippen molar-refractivity contribution >= 4 is 32.4 Å². The number of nitrogens with one attached hydrogen (secondary N) is 1. The Kier molecular flexibility index (Phi) is 3.29. The van der Waals surface area contributed by atoms with Gasteiger partial charge >= 0.3 is 0 Å². The standard InChI is InChI=1S/C19H16ClNO3S/c20-11-2-1-3-13(8-11)25(22,23)14-5-7-17-15(10-14)19-16-6-4-12(21-16)9-18(19)24-17/h1-3,5,7-8,10,12,16,21H,4,6,9H2. The number of halogens is 1. The van der Waals surface area contributed by atoms with Gasteiger partial charge in [0, 0.05) is 34.5 Å². The van der Waals surface area contributed by atoms with Crippen LogP contribution >= 0.6 is 11.6 Å². The molecule has 0 spiro atoms. The van der Waals surface area contributed by atoms with Gasteiger partial charge in [0.1, 0.15) is 11.3 Å². The molecule has 2 aliphatic heterocycles. The molecule has 1 fully saturated rings. The van der Waals surface area contributed by atoms with Crippen molar-refractivity contribution in [2.45, 2.75) is 41.1 Å². The van der Waals surface area contributed by atoms with Gasteiger partial charge in [0.05, 0.1) is 9.79 Å². The molecule has 3 aromatic rings. The molecule has 2 unspecified atom stereocenters. The monoisotopic (exact) mass is 373 g/mol. The topological polar surface area (TPSA) is 59.3 Å². The molecular weight excluding hydrogens is 358 g/mol. The van der Waals surface area contributed by atoms with Crippen LogP contribution in [0.15, 0.2) is 56.7 Å². The lowest BCUT2D eigenvalue weighted by Gasteiger charge is -2.20. The molecule has 1 aromatic heterocycles. The van der Waals surface area contributed by atoms with Crippen LogP contribution in [0.1, 0.15) is 30.2 Å². The van der Waals surface area contributed by atoms with E-state index in [0.717, 1.165) is 41.6 Å². The van der Waals surface area contributed by atoms with E-state index in [1.807, 2.05) is 0 Å². The highest BCUT2D eigenvalue weighted by Crippen LogP contribution is 2.42. The highest BCUT2D eigenvalue weighted by atomic mass is 35.5. The third-order valence-electron chi connectivity index (χ3n) is 5.21. The van der Waals surface area contributed by atoms with Crippen molar-refractivity contribution < 1.29 is 12.8 Å². The summed E-state index contributed by atoms with van der Waals surface area (Å²) in [6.07, 6.45) is 3.07. The molecular formula is C19H16ClNO3S. The number of rotatable bonds is 2. The summed E-state index contributed by atoms with van der Waals surface area (Å²) in [6.45, 7) is 0.